The van der Waals surface area contributed by atoms with Crippen LogP contribution in [0.2, 0.25) is 0 Å². The summed E-state index contributed by atoms with van der Waals surface area (Å²) in [6.45, 7) is 6.52. The smallest absolute Gasteiger partial charge is 0.321 e. The monoisotopic (exact) mass is 256 g/mol. The van der Waals surface area contributed by atoms with Crippen molar-refractivity contribution in [1.82, 2.24) is 15.5 Å². The first-order valence-corrected chi connectivity index (χ1v) is 6.61. The molecule has 0 saturated carbocycles. The van der Waals surface area contributed by atoms with Crippen LogP contribution in [0.5, 0.6) is 0 Å². The average Bonchev–Trinajstić information content (AvgIpc) is 2.38. The Labute approximate surface area is 108 Å². The van der Waals surface area contributed by atoms with Gasteiger partial charge < -0.3 is 11.1 Å². The molecule has 6 nitrogen and oxygen atoms in total. The fourth-order valence-corrected chi connectivity index (χ4v) is 2.23. The van der Waals surface area contributed by atoms with Gasteiger partial charge in [0.05, 0.1) is 6.04 Å². The van der Waals surface area contributed by atoms with E-state index in [1.807, 2.05) is 13.8 Å². The maximum atomic E-state index is 11.9. The summed E-state index contributed by atoms with van der Waals surface area (Å²) < 4.78 is 0. The van der Waals surface area contributed by atoms with E-state index in [1.54, 1.807) is 0 Å². The van der Waals surface area contributed by atoms with Gasteiger partial charge in [0.25, 0.3) is 0 Å². The Kier molecular flexibility index (Phi) is 6.07. The Morgan fingerprint density at radius 3 is 2.83 bits per heavy atom. The molecule has 2 unspecified atom stereocenters. The van der Waals surface area contributed by atoms with Gasteiger partial charge in [-0.15, -0.1) is 0 Å². The molecule has 0 aromatic heterocycles. The lowest BCUT2D eigenvalue weighted by atomic mass is 9.97. The lowest BCUT2D eigenvalue weighted by molar-refractivity contribution is -0.125. The molecule has 2 atom stereocenters. The van der Waals surface area contributed by atoms with Crippen molar-refractivity contribution in [1.29, 1.82) is 0 Å². The molecule has 1 fully saturated rings. The molecule has 1 aliphatic rings. The van der Waals surface area contributed by atoms with Crippen LogP contribution in [0.4, 0.5) is 4.79 Å². The number of hydrogen-bond acceptors (Lipinski definition) is 4. The summed E-state index contributed by atoms with van der Waals surface area (Å²) in [5.74, 6) is 0.206. The number of hydrogen-bond donors (Lipinski definition) is 3. The fourth-order valence-electron chi connectivity index (χ4n) is 2.23. The molecule has 1 rings (SSSR count). The Hall–Kier alpha value is -1.14. The number of carbonyl (C=O) groups is 2. The van der Waals surface area contributed by atoms with Gasteiger partial charge in [0.15, 0.2) is 0 Å². The highest BCUT2D eigenvalue weighted by Crippen LogP contribution is 2.17. The van der Waals surface area contributed by atoms with Gasteiger partial charge >= 0.3 is 6.03 Å². The van der Waals surface area contributed by atoms with Crippen LogP contribution in [0.15, 0.2) is 0 Å². The van der Waals surface area contributed by atoms with E-state index in [9.17, 15) is 9.59 Å². The molecule has 0 spiro atoms. The number of imide groups is 1. The van der Waals surface area contributed by atoms with E-state index in [0.717, 1.165) is 25.9 Å². The minimum absolute atomic E-state index is 0.251. The molecule has 0 bridgehead atoms. The number of nitrogens with zero attached hydrogens (tertiary/aromatic N) is 1. The summed E-state index contributed by atoms with van der Waals surface area (Å²) in [5.41, 5.74) is 5.67. The van der Waals surface area contributed by atoms with E-state index in [0.29, 0.717) is 19.0 Å². The molecule has 6 heteroatoms. The number of urea groups is 1. The lowest BCUT2D eigenvalue weighted by Crippen LogP contribution is -2.52. The number of nitrogens with two attached hydrogens (primary N) is 1. The summed E-state index contributed by atoms with van der Waals surface area (Å²) in [4.78, 5) is 25.3. The zero-order valence-corrected chi connectivity index (χ0v) is 11.2. The van der Waals surface area contributed by atoms with Crippen molar-refractivity contribution in [3.63, 3.8) is 0 Å². The average molecular weight is 256 g/mol. The number of carbonyl (C=O) groups excluding carboxylic acids is 2. The highest BCUT2D eigenvalue weighted by Gasteiger charge is 2.27. The van der Waals surface area contributed by atoms with Crippen LogP contribution in [-0.2, 0) is 4.79 Å². The quantitative estimate of drug-likeness (QED) is 0.655. The molecule has 18 heavy (non-hydrogen) atoms. The van der Waals surface area contributed by atoms with Crippen molar-refractivity contribution in [2.75, 3.05) is 26.2 Å². The zero-order valence-electron chi connectivity index (χ0n) is 11.2. The highest BCUT2D eigenvalue weighted by atomic mass is 16.2. The minimum atomic E-state index is -0.429. The van der Waals surface area contributed by atoms with Crippen molar-refractivity contribution in [3.8, 4) is 0 Å². The topological polar surface area (TPSA) is 87.5 Å². The standard InChI is InChI=1S/C12H24N4O2/c1-3-14-12(18)15-11(17)9(2)16-6-4-5-10(7-13)8-16/h9-10H,3-8,13H2,1-2H3,(H2,14,15,17,18). The van der Waals surface area contributed by atoms with Crippen LogP contribution in [-0.4, -0.2) is 49.1 Å². The number of rotatable bonds is 4. The summed E-state index contributed by atoms with van der Waals surface area (Å²) in [7, 11) is 0. The van der Waals surface area contributed by atoms with Crippen LogP contribution in [0, 0.1) is 5.92 Å². The van der Waals surface area contributed by atoms with E-state index in [4.69, 9.17) is 5.73 Å². The Morgan fingerprint density at radius 1 is 1.50 bits per heavy atom. The summed E-state index contributed by atoms with van der Waals surface area (Å²) >= 11 is 0. The van der Waals surface area contributed by atoms with Crippen molar-refractivity contribution >= 4 is 11.9 Å². The first-order valence-electron chi connectivity index (χ1n) is 6.61. The predicted molar refractivity (Wildman–Crippen MR) is 70.0 cm³/mol. The van der Waals surface area contributed by atoms with Crippen LogP contribution in [0.3, 0.4) is 0 Å². The third kappa shape index (κ3) is 4.27. The van der Waals surface area contributed by atoms with Gasteiger partial charge in [-0.1, -0.05) is 0 Å². The van der Waals surface area contributed by atoms with E-state index in [-0.39, 0.29) is 11.9 Å². The second-order valence-corrected chi connectivity index (χ2v) is 4.76. The second kappa shape index (κ2) is 7.33. The summed E-state index contributed by atoms with van der Waals surface area (Å²) in [6, 6.07) is -0.719. The third-order valence-corrected chi connectivity index (χ3v) is 3.38. The van der Waals surface area contributed by atoms with Gasteiger partial charge in [0.2, 0.25) is 5.91 Å². The van der Waals surface area contributed by atoms with E-state index in [2.05, 4.69) is 15.5 Å². The van der Waals surface area contributed by atoms with Crippen LogP contribution in [0.25, 0.3) is 0 Å². The second-order valence-electron chi connectivity index (χ2n) is 4.76. The molecule has 1 aliphatic heterocycles. The van der Waals surface area contributed by atoms with Gasteiger partial charge in [0.1, 0.15) is 0 Å². The van der Waals surface area contributed by atoms with E-state index in [1.165, 1.54) is 0 Å². The van der Waals surface area contributed by atoms with Crippen LogP contribution >= 0.6 is 0 Å². The van der Waals surface area contributed by atoms with Crippen molar-refractivity contribution < 1.29 is 9.59 Å². The maximum Gasteiger partial charge on any atom is 0.321 e. The predicted octanol–water partition coefficient (Wildman–Crippen LogP) is -0.109. The summed E-state index contributed by atoms with van der Waals surface area (Å²) in [5, 5.41) is 4.89. The Morgan fingerprint density at radius 2 is 2.22 bits per heavy atom. The molecule has 0 radical (unpaired) electrons. The normalized spacial score (nSPS) is 22.3. The van der Waals surface area contributed by atoms with Crippen LogP contribution in [0.1, 0.15) is 26.7 Å². The number of piperidine rings is 1. The van der Waals surface area contributed by atoms with Crippen molar-refractivity contribution in [2.24, 2.45) is 11.7 Å². The highest BCUT2D eigenvalue weighted by molar-refractivity contribution is 5.96. The van der Waals surface area contributed by atoms with Gasteiger partial charge in [-0.05, 0) is 45.7 Å². The zero-order chi connectivity index (χ0) is 13.5. The van der Waals surface area contributed by atoms with E-state index >= 15 is 0 Å². The maximum absolute atomic E-state index is 11.9. The van der Waals surface area contributed by atoms with Crippen molar-refractivity contribution in [3.05, 3.63) is 0 Å². The van der Waals surface area contributed by atoms with Gasteiger partial charge in [-0.25, -0.2) is 4.79 Å². The third-order valence-electron chi connectivity index (χ3n) is 3.38. The molecule has 104 valence electrons. The molecular formula is C12H24N4O2. The number of nitrogens with one attached hydrogen (secondary N) is 2. The molecule has 1 heterocycles. The molecule has 3 amide bonds. The number of amides is 3. The molecule has 4 N–H and O–H groups in total. The summed E-state index contributed by atoms with van der Waals surface area (Å²) in [6.07, 6.45) is 2.18. The molecule has 0 aromatic rings. The Bertz CT molecular complexity index is 296. The lowest BCUT2D eigenvalue weighted by Gasteiger charge is -2.35. The van der Waals surface area contributed by atoms with Crippen LogP contribution < -0.4 is 16.4 Å². The largest absolute Gasteiger partial charge is 0.338 e. The Balaban J connectivity index is 2.44. The number of likely N-dealkylation sites (tertiary alicyclic amines) is 1. The molecular weight excluding hydrogens is 232 g/mol. The van der Waals surface area contributed by atoms with Gasteiger partial charge in [0, 0.05) is 13.1 Å². The first kappa shape index (κ1) is 14.9. The molecule has 0 aromatic carbocycles. The first-order chi connectivity index (χ1) is 8.58. The van der Waals surface area contributed by atoms with Crippen molar-refractivity contribution in [2.45, 2.75) is 32.7 Å². The fraction of sp³-hybridized carbons (Fsp3) is 0.833. The molecule has 0 aliphatic carbocycles. The van der Waals surface area contributed by atoms with Gasteiger partial charge in [-0.3, -0.25) is 15.0 Å². The van der Waals surface area contributed by atoms with Gasteiger partial charge in [-0.2, -0.15) is 0 Å². The SMILES string of the molecule is CCNC(=O)NC(=O)C(C)N1CCCC(CN)C1. The molecule has 1 saturated heterocycles. The van der Waals surface area contributed by atoms with E-state index < -0.39 is 6.03 Å². The minimum Gasteiger partial charge on any atom is -0.338 e.